The van der Waals surface area contributed by atoms with Crippen LogP contribution in [0.1, 0.15) is 39.0 Å². The lowest BCUT2D eigenvalue weighted by atomic mass is 10.0. The fourth-order valence-electron chi connectivity index (χ4n) is 4.28. The SMILES string of the molecule is CCNC(=O)Nc1ccc(-c2nc3c(c(N4CCOCC4C)n2)CN(C(=O)OC(C)C)CC3)cc1. The zero-order chi connectivity index (χ0) is 24.9. The number of urea groups is 1. The highest BCUT2D eigenvalue weighted by Gasteiger charge is 2.31. The standard InChI is InChI=1S/C25H34N6O4/c1-5-26-24(32)27-19-8-6-18(7-9-19)22-28-21-10-11-30(25(33)35-16(2)3)14-20(21)23(29-22)31-12-13-34-15-17(31)4/h6-9,16-17H,5,10-15H2,1-4H3,(H2,26,27,32). The predicted octanol–water partition coefficient (Wildman–Crippen LogP) is 3.41. The summed E-state index contributed by atoms with van der Waals surface area (Å²) in [6.45, 7) is 11.2. The van der Waals surface area contributed by atoms with Gasteiger partial charge in [0, 0.05) is 42.9 Å². The van der Waals surface area contributed by atoms with Crippen molar-refractivity contribution in [3.8, 4) is 11.4 Å². The highest BCUT2D eigenvalue weighted by molar-refractivity contribution is 5.89. The molecule has 0 aliphatic carbocycles. The lowest BCUT2D eigenvalue weighted by molar-refractivity contribution is 0.0725. The number of carbonyl (C=O) groups excluding carboxylic acids is 2. The summed E-state index contributed by atoms with van der Waals surface area (Å²) in [5.74, 6) is 1.47. The quantitative estimate of drug-likeness (QED) is 0.672. The number of anilines is 2. The number of ether oxygens (including phenoxy) is 2. The second kappa shape index (κ2) is 10.9. The van der Waals surface area contributed by atoms with Crippen molar-refractivity contribution in [3.05, 3.63) is 35.5 Å². The molecule has 0 radical (unpaired) electrons. The minimum absolute atomic E-state index is 0.150. The first kappa shape index (κ1) is 24.7. The third-order valence-corrected chi connectivity index (χ3v) is 6.01. The maximum absolute atomic E-state index is 12.6. The molecular weight excluding hydrogens is 448 g/mol. The number of benzene rings is 1. The second-order valence-electron chi connectivity index (χ2n) is 9.08. The van der Waals surface area contributed by atoms with E-state index >= 15 is 0 Å². The summed E-state index contributed by atoms with van der Waals surface area (Å²) in [7, 11) is 0. The first-order valence-electron chi connectivity index (χ1n) is 12.2. The Balaban J connectivity index is 1.66. The van der Waals surface area contributed by atoms with Gasteiger partial charge in [-0.05, 0) is 52.0 Å². The molecule has 1 aromatic heterocycles. The minimum Gasteiger partial charge on any atom is -0.447 e. The van der Waals surface area contributed by atoms with Crippen LogP contribution in [0.3, 0.4) is 0 Å². The van der Waals surface area contributed by atoms with Crippen LogP contribution in [0, 0.1) is 0 Å². The normalized spacial score (nSPS) is 17.7. The van der Waals surface area contributed by atoms with E-state index in [1.165, 1.54) is 0 Å². The molecule has 3 heterocycles. The highest BCUT2D eigenvalue weighted by atomic mass is 16.6. The Bertz CT molecular complexity index is 1060. The van der Waals surface area contributed by atoms with Gasteiger partial charge in [-0.25, -0.2) is 19.6 Å². The summed E-state index contributed by atoms with van der Waals surface area (Å²) in [6.07, 6.45) is 0.137. The van der Waals surface area contributed by atoms with Gasteiger partial charge >= 0.3 is 12.1 Å². The Hall–Kier alpha value is -3.40. The van der Waals surface area contributed by atoms with E-state index in [-0.39, 0.29) is 24.3 Å². The molecule has 1 unspecified atom stereocenters. The van der Waals surface area contributed by atoms with Crippen LogP contribution in [0.2, 0.25) is 0 Å². The Morgan fingerprint density at radius 1 is 1.20 bits per heavy atom. The molecule has 188 valence electrons. The minimum atomic E-state index is -0.314. The molecule has 2 aromatic rings. The number of nitrogens with zero attached hydrogens (tertiary/aromatic N) is 4. The maximum atomic E-state index is 12.6. The fourth-order valence-corrected chi connectivity index (χ4v) is 4.28. The van der Waals surface area contributed by atoms with Crippen molar-refractivity contribution in [1.29, 1.82) is 0 Å². The van der Waals surface area contributed by atoms with Crippen LogP contribution in [-0.2, 0) is 22.4 Å². The zero-order valence-corrected chi connectivity index (χ0v) is 20.8. The van der Waals surface area contributed by atoms with Gasteiger partial charge in [-0.15, -0.1) is 0 Å². The summed E-state index contributed by atoms with van der Waals surface area (Å²) in [6, 6.07) is 7.41. The lowest BCUT2D eigenvalue weighted by Gasteiger charge is -2.38. The zero-order valence-electron chi connectivity index (χ0n) is 20.8. The van der Waals surface area contributed by atoms with Crippen LogP contribution in [0.15, 0.2) is 24.3 Å². The summed E-state index contributed by atoms with van der Waals surface area (Å²) >= 11 is 0. The number of hydrogen-bond acceptors (Lipinski definition) is 7. The number of aromatic nitrogens is 2. The van der Waals surface area contributed by atoms with Crippen molar-refractivity contribution in [2.75, 3.05) is 43.1 Å². The van der Waals surface area contributed by atoms with E-state index in [0.29, 0.717) is 50.8 Å². The largest absolute Gasteiger partial charge is 0.447 e. The molecule has 2 aliphatic rings. The average Bonchev–Trinajstić information content (AvgIpc) is 2.83. The molecule has 0 bridgehead atoms. The average molecular weight is 483 g/mol. The van der Waals surface area contributed by atoms with Crippen molar-refractivity contribution < 1.29 is 19.1 Å². The van der Waals surface area contributed by atoms with E-state index in [1.54, 1.807) is 4.90 Å². The Kier molecular flexibility index (Phi) is 7.70. The van der Waals surface area contributed by atoms with E-state index in [0.717, 1.165) is 29.2 Å². The van der Waals surface area contributed by atoms with E-state index in [4.69, 9.17) is 19.4 Å². The van der Waals surface area contributed by atoms with E-state index in [2.05, 4.69) is 22.5 Å². The molecule has 1 saturated heterocycles. The molecule has 10 heteroatoms. The summed E-state index contributed by atoms with van der Waals surface area (Å²) in [4.78, 5) is 38.3. The number of rotatable bonds is 5. The van der Waals surface area contributed by atoms with Crippen LogP contribution in [0.25, 0.3) is 11.4 Å². The van der Waals surface area contributed by atoms with Crippen molar-refractivity contribution >= 4 is 23.6 Å². The first-order chi connectivity index (χ1) is 16.9. The molecule has 2 aliphatic heterocycles. The van der Waals surface area contributed by atoms with Gasteiger partial charge in [-0.2, -0.15) is 0 Å². The predicted molar refractivity (Wildman–Crippen MR) is 134 cm³/mol. The van der Waals surface area contributed by atoms with Crippen LogP contribution >= 0.6 is 0 Å². The fraction of sp³-hybridized carbons (Fsp3) is 0.520. The van der Waals surface area contributed by atoms with Gasteiger partial charge in [-0.3, -0.25) is 0 Å². The van der Waals surface area contributed by atoms with Crippen LogP contribution in [-0.4, -0.2) is 72.0 Å². The van der Waals surface area contributed by atoms with Gasteiger partial charge in [0.25, 0.3) is 0 Å². The van der Waals surface area contributed by atoms with Crippen molar-refractivity contribution in [2.24, 2.45) is 0 Å². The van der Waals surface area contributed by atoms with Crippen molar-refractivity contribution in [1.82, 2.24) is 20.2 Å². The molecule has 10 nitrogen and oxygen atoms in total. The molecule has 35 heavy (non-hydrogen) atoms. The number of nitrogens with one attached hydrogen (secondary N) is 2. The maximum Gasteiger partial charge on any atom is 0.410 e. The third kappa shape index (κ3) is 5.82. The highest BCUT2D eigenvalue weighted by Crippen LogP contribution is 2.32. The van der Waals surface area contributed by atoms with Gasteiger partial charge in [-0.1, -0.05) is 0 Å². The van der Waals surface area contributed by atoms with Crippen LogP contribution in [0.4, 0.5) is 21.1 Å². The lowest BCUT2D eigenvalue weighted by Crippen LogP contribution is -2.46. The van der Waals surface area contributed by atoms with Gasteiger partial charge in [0.15, 0.2) is 5.82 Å². The topological polar surface area (TPSA) is 109 Å². The third-order valence-electron chi connectivity index (χ3n) is 6.01. The Morgan fingerprint density at radius 2 is 1.97 bits per heavy atom. The number of fused-ring (bicyclic) bond motifs is 1. The molecular formula is C25H34N6O4. The second-order valence-corrected chi connectivity index (χ2v) is 9.08. The molecule has 1 atom stereocenters. The molecule has 3 amide bonds. The summed E-state index contributed by atoms with van der Waals surface area (Å²) in [5, 5.41) is 5.52. The van der Waals surface area contributed by atoms with Crippen molar-refractivity contribution in [3.63, 3.8) is 0 Å². The van der Waals surface area contributed by atoms with Crippen molar-refractivity contribution in [2.45, 2.75) is 52.8 Å². The molecule has 1 fully saturated rings. The number of amides is 3. The van der Waals surface area contributed by atoms with Gasteiger partial charge < -0.3 is 29.9 Å². The molecule has 4 rings (SSSR count). The van der Waals surface area contributed by atoms with Gasteiger partial charge in [0.1, 0.15) is 5.82 Å². The number of hydrogen-bond donors (Lipinski definition) is 2. The molecule has 2 N–H and O–H groups in total. The Labute approximate surface area is 206 Å². The smallest absolute Gasteiger partial charge is 0.410 e. The van der Waals surface area contributed by atoms with Gasteiger partial charge in [0.05, 0.1) is 37.6 Å². The molecule has 0 saturated carbocycles. The van der Waals surface area contributed by atoms with E-state index < -0.39 is 0 Å². The summed E-state index contributed by atoms with van der Waals surface area (Å²) in [5.41, 5.74) is 3.46. The number of morpholine rings is 1. The van der Waals surface area contributed by atoms with Crippen LogP contribution < -0.4 is 15.5 Å². The Morgan fingerprint density at radius 3 is 2.66 bits per heavy atom. The monoisotopic (exact) mass is 482 g/mol. The molecule has 0 spiro atoms. The van der Waals surface area contributed by atoms with Gasteiger partial charge in [0.2, 0.25) is 0 Å². The summed E-state index contributed by atoms with van der Waals surface area (Å²) < 4.78 is 11.1. The molecule has 1 aromatic carbocycles. The van der Waals surface area contributed by atoms with Crippen LogP contribution in [0.5, 0.6) is 0 Å². The van der Waals surface area contributed by atoms with E-state index in [9.17, 15) is 9.59 Å². The number of carbonyl (C=O) groups is 2. The van der Waals surface area contributed by atoms with E-state index in [1.807, 2.05) is 45.0 Å². The first-order valence-corrected chi connectivity index (χ1v) is 12.2.